The molecule has 1 N–H and O–H groups in total. The van der Waals surface area contributed by atoms with E-state index < -0.39 is 0 Å². The first-order chi connectivity index (χ1) is 11.7. The van der Waals surface area contributed by atoms with Crippen LogP contribution in [-0.4, -0.2) is 23.2 Å². The summed E-state index contributed by atoms with van der Waals surface area (Å²) in [5, 5.41) is 3.10. The van der Waals surface area contributed by atoms with Crippen molar-refractivity contribution in [3.05, 3.63) is 65.1 Å². The first kappa shape index (κ1) is 17.2. The molecule has 1 unspecified atom stereocenters. The van der Waals surface area contributed by atoms with Gasteiger partial charge in [0.25, 0.3) is 0 Å². The third-order valence-electron chi connectivity index (χ3n) is 3.85. The van der Waals surface area contributed by atoms with Crippen LogP contribution in [0, 0.1) is 0 Å². The monoisotopic (exact) mass is 360 g/mol. The highest BCUT2D eigenvalue weighted by molar-refractivity contribution is 7.99. The number of thioether (sulfide) groups is 1. The second-order valence-electron chi connectivity index (χ2n) is 5.63. The fraction of sp³-hybridized carbons (Fsp3) is 0.316. The van der Waals surface area contributed by atoms with Crippen LogP contribution in [0.3, 0.4) is 0 Å². The quantitative estimate of drug-likeness (QED) is 0.761. The van der Waals surface area contributed by atoms with Crippen LogP contribution < -0.4 is 10.1 Å². The number of halogens is 1. The standard InChI is InChI=1S/C19H21ClN2OS/c1-2-14-5-8-19(21-10-14)18(20)11-23-17-6-3-15(4-7-17)9-16-12-24-13-22-16/h3-10,18,22H,2,11-13H2,1H3. The Morgan fingerprint density at radius 3 is 2.75 bits per heavy atom. The number of pyridine rings is 1. The molecule has 3 nitrogen and oxygen atoms in total. The molecule has 3 rings (SSSR count). The van der Waals surface area contributed by atoms with Gasteiger partial charge in [-0.15, -0.1) is 23.4 Å². The topological polar surface area (TPSA) is 34.1 Å². The number of rotatable bonds is 6. The summed E-state index contributed by atoms with van der Waals surface area (Å²) < 4.78 is 5.79. The van der Waals surface area contributed by atoms with E-state index in [-0.39, 0.29) is 5.38 Å². The molecule has 126 valence electrons. The van der Waals surface area contributed by atoms with Crippen molar-refractivity contribution in [2.24, 2.45) is 0 Å². The van der Waals surface area contributed by atoms with Crippen molar-refractivity contribution in [3.63, 3.8) is 0 Å². The van der Waals surface area contributed by atoms with Crippen LogP contribution in [-0.2, 0) is 6.42 Å². The van der Waals surface area contributed by atoms with Gasteiger partial charge in [-0.3, -0.25) is 4.98 Å². The van der Waals surface area contributed by atoms with Gasteiger partial charge >= 0.3 is 0 Å². The summed E-state index contributed by atoms with van der Waals surface area (Å²) in [4.78, 5) is 4.40. The highest BCUT2D eigenvalue weighted by atomic mass is 35.5. The number of alkyl halides is 1. The minimum absolute atomic E-state index is 0.252. The van der Waals surface area contributed by atoms with Gasteiger partial charge in [-0.25, -0.2) is 0 Å². The first-order valence-corrected chi connectivity index (χ1v) is 9.67. The predicted molar refractivity (Wildman–Crippen MR) is 103 cm³/mol. The number of hydrogen-bond acceptors (Lipinski definition) is 4. The number of ether oxygens (including phenoxy) is 1. The van der Waals surface area contributed by atoms with E-state index in [4.69, 9.17) is 16.3 Å². The number of aromatic nitrogens is 1. The van der Waals surface area contributed by atoms with Gasteiger partial charge in [0.2, 0.25) is 0 Å². The number of nitrogens with one attached hydrogen (secondary N) is 1. The van der Waals surface area contributed by atoms with Crippen LogP contribution in [0.15, 0.2) is 48.3 Å². The fourth-order valence-electron chi connectivity index (χ4n) is 2.40. The van der Waals surface area contributed by atoms with E-state index in [1.165, 1.54) is 16.8 Å². The maximum atomic E-state index is 6.39. The van der Waals surface area contributed by atoms with Crippen LogP contribution in [0.5, 0.6) is 5.75 Å². The van der Waals surface area contributed by atoms with Crippen LogP contribution in [0.4, 0.5) is 0 Å². The molecule has 1 aromatic heterocycles. The average Bonchev–Trinajstić information content (AvgIpc) is 3.14. The lowest BCUT2D eigenvalue weighted by atomic mass is 10.2. The molecule has 1 saturated heterocycles. The van der Waals surface area contributed by atoms with E-state index in [1.807, 2.05) is 36.2 Å². The number of aryl methyl sites for hydroxylation is 1. The van der Waals surface area contributed by atoms with Gasteiger partial charge in [-0.2, -0.15) is 0 Å². The summed E-state index contributed by atoms with van der Waals surface area (Å²) in [6.07, 6.45) is 5.03. The van der Waals surface area contributed by atoms with Crippen LogP contribution in [0.1, 0.15) is 29.1 Å². The summed E-state index contributed by atoms with van der Waals surface area (Å²) in [6.45, 7) is 2.51. The van der Waals surface area contributed by atoms with E-state index >= 15 is 0 Å². The Balaban J connectivity index is 1.54. The van der Waals surface area contributed by atoms with Crippen molar-refractivity contribution < 1.29 is 4.74 Å². The minimum Gasteiger partial charge on any atom is -0.492 e. The van der Waals surface area contributed by atoms with E-state index in [0.717, 1.165) is 29.5 Å². The van der Waals surface area contributed by atoms with Gasteiger partial charge in [0.15, 0.2) is 0 Å². The molecule has 1 aromatic carbocycles. The Kier molecular flexibility index (Phi) is 6.05. The molecule has 0 bridgehead atoms. The number of benzene rings is 1. The normalized spacial score (nSPS) is 16.8. The Hall–Kier alpha value is -1.65. The zero-order valence-electron chi connectivity index (χ0n) is 13.7. The molecule has 5 heteroatoms. The molecular formula is C19H21ClN2OS. The average molecular weight is 361 g/mol. The van der Waals surface area contributed by atoms with Crippen molar-refractivity contribution >= 4 is 29.4 Å². The van der Waals surface area contributed by atoms with Gasteiger partial charge in [0.1, 0.15) is 17.7 Å². The lowest BCUT2D eigenvalue weighted by Crippen LogP contribution is -2.07. The maximum Gasteiger partial charge on any atom is 0.119 e. The van der Waals surface area contributed by atoms with E-state index in [1.54, 1.807) is 0 Å². The molecule has 1 aliphatic heterocycles. The molecule has 1 aliphatic rings. The molecule has 0 amide bonds. The van der Waals surface area contributed by atoms with Crippen molar-refractivity contribution in [2.75, 3.05) is 18.2 Å². The van der Waals surface area contributed by atoms with Gasteiger partial charge in [0.05, 0.1) is 11.6 Å². The summed E-state index contributed by atoms with van der Waals surface area (Å²) in [7, 11) is 0. The molecule has 0 saturated carbocycles. The summed E-state index contributed by atoms with van der Waals surface area (Å²) in [5.41, 5.74) is 4.51. The van der Waals surface area contributed by atoms with Crippen molar-refractivity contribution in [1.82, 2.24) is 10.3 Å². The summed E-state index contributed by atoms with van der Waals surface area (Å²) in [6, 6.07) is 12.1. The highest BCUT2D eigenvalue weighted by Gasteiger charge is 2.10. The molecule has 0 spiro atoms. The van der Waals surface area contributed by atoms with Crippen molar-refractivity contribution in [1.29, 1.82) is 0 Å². The Bertz CT molecular complexity index is 678. The first-order valence-electron chi connectivity index (χ1n) is 8.08. The highest BCUT2D eigenvalue weighted by Crippen LogP contribution is 2.22. The SMILES string of the molecule is CCc1ccc(C(Cl)COc2ccc(C=C3CSCN3)cc2)nc1. The second-order valence-corrected chi connectivity index (χ2v) is 7.14. The summed E-state index contributed by atoms with van der Waals surface area (Å²) in [5.74, 6) is 2.87. The second kappa shape index (κ2) is 8.45. The number of nitrogens with zero attached hydrogens (tertiary/aromatic N) is 1. The zero-order chi connectivity index (χ0) is 16.8. The lowest BCUT2D eigenvalue weighted by molar-refractivity contribution is 0.315. The minimum atomic E-state index is -0.252. The van der Waals surface area contributed by atoms with E-state index in [2.05, 4.69) is 41.5 Å². The Morgan fingerprint density at radius 2 is 2.12 bits per heavy atom. The predicted octanol–water partition coefficient (Wildman–Crippen LogP) is 4.64. The zero-order valence-corrected chi connectivity index (χ0v) is 15.2. The lowest BCUT2D eigenvalue weighted by Gasteiger charge is -2.12. The Labute approximate surface area is 152 Å². The van der Waals surface area contributed by atoms with Gasteiger partial charge < -0.3 is 10.1 Å². The Morgan fingerprint density at radius 1 is 1.29 bits per heavy atom. The van der Waals surface area contributed by atoms with Crippen LogP contribution in [0.2, 0.25) is 0 Å². The molecule has 2 heterocycles. The van der Waals surface area contributed by atoms with Crippen LogP contribution in [0.25, 0.3) is 6.08 Å². The molecule has 2 aromatic rings. The molecule has 24 heavy (non-hydrogen) atoms. The maximum absolute atomic E-state index is 6.39. The molecule has 1 atom stereocenters. The molecule has 0 aliphatic carbocycles. The van der Waals surface area contributed by atoms with Crippen LogP contribution >= 0.6 is 23.4 Å². The fourth-order valence-corrected chi connectivity index (χ4v) is 3.38. The van der Waals surface area contributed by atoms with Gasteiger partial charge in [-0.1, -0.05) is 25.1 Å². The van der Waals surface area contributed by atoms with E-state index in [9.17, 15) is 0 Å². The third kappa shape index (κ3) is 4.68. The molecule has 0 radical (unpaired) electrons. The largest absolute Gasteiger partial charge is 0.492 e. The van der Waals surface area contributed by atoms with Crippen molar-refractivity contribution in [3.8, 4) is 5.75 Å². The number of hydrogen-bond donors (Lipinski definition) is 1. The smallest absolute Gasteiger partial charge is 0.119 e. The van der Waals surface area contributed by atoms with Gasteiger partial charge in [-0.05, 0) is 41.8 Å². The molecule has 1 fully saturated rings. The molecular weight excluding hydrogens is 340 g/mol. The van der Waals surface area contributed by atoms with Gasteiger partial charge in [0, 0.05) is 17.6 Å². The summed E-state index contributed by atoms with van der Waals surface area (Å²) >= 11 is 8.28. The van der Waals surface area contributed by atoms with Crippen molar-refractivity contribution in [2.45, 2.75) is 18.7 Å². The third-order valence-corrected chi connectivity index (χ3v) is 5.07. The van der Waals surface area contributed by atoms with E-state index in [0.29, 0.717) is 6.61 Å².